The Bertz CT molecular complexity index is 1640. The summed E-state index contributed by atoms with van der Waals surface area (Å²) in [5.74, 6) is -3.20. The van der Waals surface area contributed by atoms with Gasteiger partial charge >= 0.3 is 0 Å². The molecule has 0 saturated heterocycles. The van der Waals surface area contributed by atoms with Crippen LogP contribution < -0.4 is 20.1 Å². The molecule has 4 N–H and O–H groups in total. The summed E-state index contributed by atoms with van der Waals surface area (Å²) >= 11 is 1.29. The molecule has 1 heterocycles. The van der Waals surface area contributed by atoms with Crippen LogP contribution in [0.2, 0.25) is 0 Å². The van der Waals surface area contributed by atoms with Gasteiger partial charge < -0.3 is 15.4 Å². The predicted molar refractivity (Wildman–Crippen MR) is 153 cm³/mol. The molecule has 14 heteroatoms. The molecule has 0 atom stereocenters. The van der Waals surface area contributed by atoms with E-state index in [1.807, 2.05) is 6.92 Å². The van der Waals surface area contributed by atoms with Crippen LogP contribution >= 0.6 is 11.9 Å². The summed E-state index contributed by atoms with van der Waals surface area (Å²) in [6.45, 7) is 3.64. The number of sulfonamides is 1. The van der Waals surface area contributed by atoms with Crippen molar-refractivity contribution in [1.82, 2.24) is 9.97 Å². The summed E-state index contributed by atoms with van der Waals surface area (Å²) in [7, 11) is -3.81. The van der Waals surface area contributed by atoms with Crippen LogP contribution in [0.4, 0.5) is 51.8 Å². The quantitative estimate of drug-likeness (QED) is 0.0769. The van der Waals surface area contributed by atoms with Gasteiger partial charge in [0.25, 0.3) is 0 Å². The van der Waals surface area contributed by atoms with Gasteiger partial charge in [0.1, 0.15) is 28.8 Å². The molecule has 0 amide bonds. The molecule has 40 heavy (non-hydrogen) atoms. The lowest BCUT2D eigenvalue weighted by atomic mass is 10.2. The molecule has 0 bridgehead atoms. The molecule has 0 fully saturated rings. The molecule has 1 aromatic heterocycles. The molecule has 0 radical (unpaired) electrons. The highest BCUT2D eigenvalue weighted by molar-refractivity contribution is 8.00. The van der Waals surface area contributed by atoms with E-state index >= 15 is 4.39 Å². The summed E-state index contributed by atoms with van der Waals surface area (Å²) in [5.41, 5.74) is -0.426. The average molecular weight is 595 g/mol. The minimum absolute atomic E-state index is 0.0329. The molecule has 4 rings (SSSR count). The zero-order valence-electron chi connectivity index (χ0n) is 21.5. The Hall–Kier alpha value is -3.78. The molecule has 0 spiro atoms. The van der Waals surface area contributed by atoms with Gasteiger partial charge in [-0.25, -0.2) is 31.0 Å². The minimum atomic E-state index is -3.81. The third kappa shape index (κ3) is 6.86. The van der Waals surface area contributed by atoms with Crippen molar-refractivity contribution in [3.8, 4) is 0 Å². The number of aromatic nitrogens is 2. The second-order valence-electron chi connectivity index (χ2n) is 8.65. The van der Waals surface area contributed by atoms with Crippen LogP contribution in [0.5, 0.6) is 0 Å². The zero-order chi connectivity index (χ0) is 28.9. The predicted octanol–water partition coefficient (Wildman–Crippen LogP) is 7.30. The van der Waals surface area contributed by atoms with Crippen molar-refractivity contribution in [1.29, 1.82) is 0 Å². The van der Waals surface area contributed by atoms with Gasteiger partial charge in [0.05, 0.1) is 34.4 Å². The maximum Gasteiger partial charge on any atom is 0.232 e. The maximum atomic E-state index is 15.1. The van der Waals surface area contributed by atoms with Crippen molar-refractivity contribution in [2.75, 3.05) is 31.6 Å². The third-order valence-corrected chi connectivity index (χ3v) is 7.93. The van der Waals surface area contributed by atoms with E-state index in [1.165, 1.54) is 42.4 Å². The summed E-state index contributed by atoms with van der Waals surface area (Å²) in [6.07, 6.45) is 2.49. The van der Waals surface area contributed by atoms with E-state index < -0.39 is 50.4 Å². The van der Waals surface area contributed by atoms with Crippen molar-refractivity contribution in [3.05, 3.63) is 71.9 Å². The van der Waals surface area contributed by atoms with Crippen molar-refractivity contribution in [2.45, 2.75) is 26.7 Å². The Morgan fingerprint density at radius 1 is 0.825 bits per heavy atom. The number of rotatable bonds is 12. The van der Waals surface area contributed by atoms with Crippen molar-refractivity contribution >= 4 is 67.3 Å². The maximum absolute atomic E-state index is 15.1. The minimum Gasteiger partial charge on any atom is -0.351 e. The van der Waals surface area contributed by atoms with E-state index in [1.54, 1.807) is 6.92 Å². The van der Waals surface area contributed by atoms with E-state index in [4.69, 9.17) is 0 Å². The largest absolute Gasteiger partial charge is 0.351 e. The highest BCUT2D eigenvalue weighted by atomic mass is 32.2. The first kappa shape index (κ1) is 29.2. The Balaban J connectivity index is 1.61. The number of nitrogens with zero attached hydrogens (tertiary/aromatic N) is 2. The van der Waals surface area contributed by atoms with Crippen molar-refractivity contribution < 1.29 is 26.0 Å². The summed E-state index contributed by atoms with van der Waals surface area (Å²) < 4.78 is 88.2. The van der Waals surface area contributed by atoms with Crippen LogP contribution in [0, 0.1) is 23.3 Å². The third-order valence-electron chi connectivity index (χ3n) is 5.47. The van der Waals surface area contributed by atoms with Gasteiger partial charge in [-0.1, -0.05) is 25.8 Å². The molecule has 8 nitrogen and oxygen atoms in total. The van der Waals surface area contributed by atoms with Gasteiger partial charge in [0.2, 0.25) is 10.0 Å². The zero-order valence-corrected chi connectivity index (χ0v) is 23.1. The molecule has 0 unspecified atom stereocenters. The van der Waals surface area contributed by atoms with Gasteiger partial charge in [0, 0.05) is 11.4 Å². The number of hydrogen-bond donors (Lipinski definition) is 4. The van der Waals surface area contributed by atoms with Crippen LogP contribution in [0.25, 0.3) is 11.0 Å². The second-order valence-corrected chi connectivity index (χ2v) is 11.4. The van der Waals surface area contributed by atoms with Crippen LogP contribution in [0.3, 0.4) is 0 Å². The van der Waals surface area contributed by atoms with Crippen LogP contribution in [0.15, 0.2) is 48.7 Å². The van der Waals surface area contributed by atoms with Crippen LogP contribution in [-0.4, -0.2) is 29.9 Å². The van der Waals surface area contributed by atoms with Crippen molar-refractivity contribution in [2.24, 2.45) is 0 Å². The van der Waals surface area contributed by atoms with Crippen LogP contribution in [-0.2, 0) is 10.0 Å². The molecule has 0 aliphatic heterocycles. The standard InChI is InChI=1S/C26H26F4N6O2S2/c1-3-11-39-35-19-9-6-17(28)26(23(19)29)34-22-14-31-18-8-5-15(13-21(18)33-22)32-25-16(27)7-10-20(24(25)30)36-40(37,38)12-4-2/h5-10,13-14,32,35-36H,3-4,11-12H2,1-2H3,(H,33,34). The Kier molecular flexibility index (Phi) is 9.20. The lowest BCUT2D eigenvalue weighted by molar-refractivity contribution is 0.588. The molecule has 0 aliphatic rings. The topological polar surface area (TPSA) is 108 Å². The number of nitrogens with one attached hydrogen (secondary N) is 4. The Morgan fingerprint density at radius 3 is 2.20 bits per heavy atom. The SMILES string of the molecule is CCCSNc1ccc(F)c(Nc2cnc3ccc(Nc4c(F)ccc(NS(=O)(=O)CCC)c4F)cc3n2)c1F. The second kappa shape index (κ2) is 12.6. The fourth-order valence-corrected chi connectivity index (χ4v) is 5.38. The molecule has 4 aromatic rings. The highest BCUT2D eigenvalue weighted by Crippen LogP contribution is 2.32. The normalized spacial score (nSPS) is 11.4. The van der Waals surface area contributed by atoms with Gasteiger partial charge in [0.15, 0.2) is 11.6 Å². The fraction of sp³-hybridized carbons (Fsp3) is 0.231. The summed E-state index contributed by atoms with van der Waals surface area (Å²) in [4.78, 5) is 8.57. The van der Waals surface area contributed by atoms with Crippen LogP contribution in [0.1, 0.15) is 26.7 Å². The molecular weight excluding hydrogens is 568 g/mol. The lowest BCUT2D eigenvalue weighted by Gasteiger charge is -2.14. The van der Waals surface area contributed by atoms with E-state index in [-0.39, 0.29) is 28.5 Å². The number of hydrogen-bond acceptors (Lipinski definition) is 8. The van der Waals surface area contributed by atoms with Gasteiger partial charge in [-0.05, 0) is 55.3 Å². The first-order valence-corrected chi connectivity index (χ1v) is 14.9. The van der Waals surface area contributed by atoms with E-state index in [0.717, 1.165) is 30.4 Å². The average Bonchev–Trinajstić information content (AvgIpc) is 2.91. The number of anilines is 6. The number of fused-ring (bicyclic) bond motifs is 1. The van der Waals surface area contributed by atoms with Gasteiger partial charge in [-0.15, -0.1) is 0 Å². The van der Waals surface area contributed by atoms with Gasteiger partial charge in [-0.3, -0.25) is 9.71 Å². The Morgan fingerprint density at radius 2 is 1.50 bits per heavy atom. The lowest BCUT2D eigenvalue weighted by Crippen LogP contribution is -2.17. The monoisotopic (exact) mass is 594 g/mol. The number of halogens is 4. The van der Waals surface area contributed by atoms with E-state index in [0.29, 0.717) is 11.9 Å². The summed E-state index contributed by atoms with van der Waals surface area (Å²) in [6, 6.07) is 8.82. The van der Waals surface area contributed by atoms with E-state index in [9.17, 15) is 21.6 Å². The smallest absolute Gasteiger partial charge is 0.232 e. The first-order chi connectivity index (χ1) is 19.1. The molecule has 212 valence electrons. The first-order valence-electron chi connectivity index (χ1n) is 12.3. The summed E-state index contributed by atoms with van der Waals surface area (Å²) in [5, 5.41) is 5.22. The van der Waals surface area contributed by atoms with E-state index in [2.05, 4.69) is 30.0 Å². The van der Waals surface area contributed by atoms with Gasteiger partial charge in [-0.2, -0.15) is 0 Å². The fourth-order valence-electron chi connectivity index (χ4n) is 3.63. The highest BCUT2D eigenvalue weighted by Gasteiger charge is 2.19. The molecular formula is C26H26F4N6O2S2. The molecule has 0 saturated carbocycles. The number of benzene rings is 3. The molecule has 0 aliphatic carbocycles. The Labute approximate surface area is 233 Å². The van der Waals surface area contributed by atoms with Crippen molar-refractivity contribution in [3.63, 3.8) is 0 Å². The molecule has 3 aromatic carbocycles.